The number of hydrogen-bond acceptors (Lipinski definition) is 3. The molecule has 1 N–H and O–H groups in total. The van der Waals surface area contributed by atoms with Gasteiger partial charge in [-0.05, 0) is 51.3 Å². The molecule has 0 radical (unpaired) electrons. The molecule has 0 unspecified atom stereocenters. The van der Waals surface area contributed by atoms with Gasteiger partial charge in [0.05, 0.1) is 6.04 Å². The Kier molecular flexibility index (Phi) is 15.9. The first-order chi connectivity index (χ1) is 23.1. The highest BCUT2D eigenvalue weighted by atomic mass is 16.5. The van der Waals surface area contributed by atoms with E-state index in [1.54, 1.807) is 0 Å². The number of nitrogens with one attached hydrogen (secondary N) is 1. The zero-order valence-corrected chi connectivity index (χ0v) is 33.2. The molecule has 3 atom stereocenters. The average Bonchev–Trinajstić information content (AvgIpc) is 3.44. The fourth-order valence-electron chi connectivity index (χ4n) is 6.78. The Labute approximate surface area is 301 Å². The zero-order valence-electron chi connectivity index (χ0n) is 33.2. The monoisotopic (exact) mass is 673 g/mol. The number of rotatable bonds is 19. The summed E-state index contributed by atoms with van der Waals surface area (Å²) in [4.78, 5) is 18.7. The highest BCUT2D eigenvalue weighted by Gasteiger charge is 2.41. The van der Waals surface area contributed by atoms with Gasteiger partial charge in [0.25, 0.3) is 0 Å². The van der Waals surface area contributed by atoms with E-state index in [0.717, 1.165) is 19.3 Å². The van der Waals surface area contributed by atoms with Crippen molar-refractivity contribution in [2.45, 2.75) is 195 Å². The number of benzene rings is 2. The molecular weight excluding hydrogens is 601 g/mol. The topological polar surface area (TPSA) is 50.7 Å². The largest absolute Gasteiger partial charge is 0.469 e. The normalized spacial score (nSPS) is 17.5. The van der Waals surface area contributed by atoms with Crippen LogP contribution in [-0.2, 0) is 26.8 Å². The molecule has 0 aromatic heterocycles. The molecule has 2 aromatic rings. The molecule has 0 spiro atoms. The van der Waals surface area contributed by atoms with E-state index in [4.69, 9.17) is 9.73 Å². The zero-order chi connectivity index (χ0) is 36.1. The molecule has 1 aliphatic heterocycles. The molecular formula is C45H72N2O2. The second-order valence-electron chi connectivity index (χ2n) is 18.0. The minimum absolute atomic E-state index is 0.00268. The van der Waals surface area contributed by atoms with Gasteiger partial charge >= 0.3 is 0 Å². The molecule has 1 aliphatic rings. The summed E-state index contributed by atoms with van der Waals surface area (Å²) in [6.45, 7) is 22.5. The molecule has 4 heteroatoms. The second kappa shape index (κ2) is 19.1. The quantitative estimate of drug-likeness (QED) is 0.151. The molecule has 4 nitrogen and oxygen atoms in total. The fourth-order valence-corrected chi connectivity index (χ4v) is 6.78. The number of carbonyl (C=O) groups excluding carboxylic acids is 1. The molecule has 0 saturated heterocycles. The number of carbonyl (C=O) groups is 1. The predicted molar refractivity (Wildman–Crippen MR) is 211 cm³/mol. The summed E-state index contributed by atoms with van der Waals surface area (Å²) in [5.74, 6) is 0.762. The van der Waals surface area contributed by atoms with Crippen LogP contribution in [0.2, 0.25) is 0 Å². The van der Waals surface area contributed by atoms with Crippen molar-refractivity contribution in [1.29, 1.82) is 0 Å². The summed E-state index contributed by atoms with van der Waals surface area (Å²) in [6, 6.07) is 17.2. The maximum atomic E-state index is 13.4. The Morgan fingerprint density at radius 3 is 1.67 bits per heavy atom. The van der Waals surface area contributed by atoms with Gasteiger partial charge in [-0.15, -0.1) is 0 Å². The first-order valence-electron chi connectivity index (χ1n) is 19.8. The van der Waals surface area contributed by atoms with Gasteiger partial charge in [0.1, 0.15) is 12.1 Å². The Morgan fingerprint density at radius 2 is 1.20 bits per heavy atom. The van der Waals surface area contributed by atoms with Crippen molar-refractivity contribution in [1.82, 2.24) is 5.32 Å². The van der Waals surface area contributed by atoms with Gasteiger partial charge in [0, 0.05) is 6.42 Å². The van der Waals surface area contributed by atoms with E-state index in [0.29, 0.717) is 12.3 Å². The number of unbranched alkanes of at least 4 members (excludes halogenated alkanes) is 12. The fraction of sp³-hybridized carbons (Fsp3) is 0.689. The van der Waals surface area contributed by atoms with Crippen molar-refractivity contribution >= 4 is 11.8 Å². The summed E-state index contributed by atoms with van der Waals surface area (Å²) in [6.07, 6.45) is 18.0. The van der Waals surface area contributed by atoms with E-state index in [-0.39, 0.29) is 40.3 Å². The van der Waals surface area contributed by atoms with Crippen molar-refractivity contribution in [3.63, 3.8) is 0 Å². The van der Waals surface area contributed by atoms with E-state index in [1.165, 1.54) is 92.9 Å². The van der Waals surface area contributed by atoms with Gasteiger partial charge < -0.3 is 10.1 Å². The molecule has 0 saturated carbocycles. The first kappa shape index (κ1) is 40.8. The molecule has 0 aliphatic carbocycles. The van der Waals surface area contributed by atoms with Gasteiger partial charge in [-0.2, -0.15) is 0 Å². The Morgan fingerprint density at radius 1 is 0.714 bits per heavy atom. The van der Waals surface area contributed by atoms with Crippen LogP contribution in [0.4, 0.5) is 0 Å². The first-order valence-corrected chi connectivity index (χ1v) is 19.8. The van der Waals surface area contributed by atoms with Crippen molar-refractivity contribution in [2.75, 3.05) is 0 Å². The van der Waals surface area contributed by atoms with Crippen LogP contribution < -0.4 is 5.32 Å². The Balaban J connectivity index is 1.66. The van der Waals surface area contributed by atoms with E-state index in [9.17, 15) is 4.79 Å². The van der Waals surface area contributed by atoms with E-state index >= 15 is 0 Å². The van der Waals surface area contributed by atoms with Crippen LogP contribution in [0.15, 0.2) is 53.5 Å². The predicted octanol–water partition coefficient (Wildman–Crippen LogP) is 12.4. The van der Waals surface area contributed by atoms with Gasteiger partial charge in [-0.25, -0.2) is 4.99 Å². The van der Waals surface area contributed by atoms with Gasteiger partial charge in [0.2, 0.25) is 11.8 Å². The molecule has 2 aromatic carbocycles. The van der Waals surface area contributed by atoms with Gasteiger partial charge in [-0.1, -0.05) is 195 Å². The lowest BCUT2D eigenvalue weighted by atomic mass is 9.78. The number of aliphatic imine (C=N–C) groups is 1. The molecule has 1 heterocycles. The highest BCUT2D eigenvalue weighted by Crippen LogP contribution is 2.39. The highest BCUT2D eigenvalue weighted by molar-refractivity contribution is 5.89. The number of ether oxygens (including phenoxy) is 1. The van der Waals surface area contributed by atoms with Crippen molar-refractivity contribution in [3.8, 4) is 0 Å². The van der Waals surface area contributed by atoms with Gasteiger partial charge in [-0.3, -0.25) is 4.79 Å². The Bertz CT molecular complexity index is 1260. The standard InChI is InChI=1S/C45H72N2O2/c1-11-12-13-14-15-16-17-18-19-20-21-22-26-29-39(48)47-41(45(8,9)10)42-46-38(30-34-27-24-23-25-28-34)40(49-42)35-31-36(43(2,3)4)33-37(32-35)44(5,6)7/h23-25,27-28,31-33,38,40-41H,11-22,26,29-30H2,1-10H3,(H,47,48)/t38-,40-,41+/m0/s1. The maximum absolute atomic E-state index is 13.4. The lowest BCUT2D eigenvalue weighted by Crippen LogP contribution is -2.49. The van der Waals surface area contributed by atoms with E-state index in [1.807, 2.05) is 0 Å². The average molecular weight is 673 g/mol. The lowest BCUT2D eigenvalue weighted by molar-refractivity contribution is -0.122. The third-order valence-corrected chi connectivity index (χ3v) is 10.1. The van der Waals surface area contributed by atoms with Crippen molar-refractivity contribution < 1.29 is 9.53 Å². The summed E-state index contributed by atoms with van der Waals surface area (Å²) in [7, 11) is 0. The van der Waals surface area contributed by atoms with Crippen LogP contribution in [0.25, 0.3) is 0 Å². The van der Waals surface area contributed by atoms with Crippen molar-refractivity contribution in [2.24, 2.45) is 10.4 Å². The van der Waals surface area contributed by atoms with Crippen LogP contribution in [0.3, 0.4) is 0 Å². The lowest BCUT2D eigenvalue weighted by Gasteiger charge is -2.32. The third-order valence-electron chi connectivity index (χ3n) is 10.1. The van der Waals surface area contributed by atoms with E-state index in [2.05, 4.69) is 123 Å². The molecule has 3 rings (SSSR count). The molecule has 0 fully saturated rings. The van der Waals surface area contributed by atoms with Crippen molar-refractivity contribution in [3.05, 3.63) is 70.8 Å². The molecule has 1 amide bonds. The minimum Gasteiger partial charge on any atom is -0.469 e. The smallest absolute Gasteiger partial charge is 0.220 e. The summed E-state index contributed by atoms with van der Waals surface area (Å²) < 4.78 is 6.91. The minimum atomic E-state index is -0.293. The SMILES string of the molecule is CCCCCCCCCCCCCCCC(=O)N[C@H](C1=N[C@@H](Cc2ccccc2)[C@H](c2cc(C(C)(C)C)cc(C(C)(C)C)c2)O1)C(C)(C)C. The second-order valence-corrected chi connectivity index (χ2v) is 18.0. The van der Waals surface area contributed by atoms with E-state index < -0.39 is 0 Å². The number of hydrogen-bond donors (Lipinski definition) is 1. The van der Waals surface area contributed by atoms with Crippen LogP contribution >= 0.6 is 0 Å². The van der Waals surface area contributed by atoms with Crippen LogP contribution in [-0.4, -0.2) is 23.9 Å². The van der Waals surface area contributed by atoms with Gasteiger partial charge in [0.15, 0.2) is 0 Å². The maximum Gasteiger partial charge on any atom is 0.220 e. The number of amides is 1. The van der Waals surface area contributed by atoms with Crippen LogP contribution in [0.1, 0.15) is 187 Å². The summed E-state index contributed by atoms with van der Waals surface area (Å²) >= 11 is 0. The Hall–Kier alpha value is -2.62. The summed E-state index contributed by atoms with van der Waals surface area (Å²) in [5.41, 5.74) is 4.79. The molecule has 0 bridgehead atoms. The molecule has 49 heavy (non-hydrogen) atoms. The number of nitrogens with zero attached hydrogens (tertiary/aromatic N) is 1. The third kappa shape index (κ3) is 13.9. The van der Waals surface area contributed by atoms with Crippen LogP contribution in [0, 0.1) is 5.41 Å². The molecule has 274 valence electrons. The van der Waals surface area contributed by atoms with Crippen LogP contribution in [0.5, 0.6) is 0 Å². The summed E-state index contributed by atoms with van der Waals surface area (Å²) in [5, 5.41) is 3.38.